The van der Waals surface area contributed by atoms with E-state index in [-0.39, 0.29) is 46.6 Å². The van der Waals surface area contributed by atoms with Crippen molar-refractivity contribution < 1.29 is 24.2 Å². The zero-order chi connectivity index (χ0) is 23.0. The first-order valence-corrected chi connectivity index (χ1v) is 10.8. The van der Waals surface area contributed by atoms with Crippen LogP contribution in [0.1, 0.15) is 21.5 Å². The summed E-state index contributed by atoms with van der Waals surface area (Å²) in [5.41, 5.74) is 6.82. The number of fused-ring (bicyclic) bond motifs is 2. The number of hydrogen-bond acceptors (Lipinski definition) is 5. The summed E-state index contributed by atoms with van der Waals surface area (Å²) < 4.78 is 5.80. The third-order valence-corrected chi connectivity index (χ3v) is 6.42. The Hall–Kier alpha value is -2.81. The van der Waals surface area contributed by atoms with Crippen LogP contribution in [-0.4, -0.2) is 53.0 Å². The predicted octanol–water partition coefficient (Wildman–Crippen LogP) is 2.04. The average molecular weight is 478 g/mol. The summed E-state index contributed by atoms with van der Waals surface area (Å²) in [7, 11) is 0. The van der Waals surface area contributed by atoms with Crippen molar-refractivity contribution in [3.05, 3.63) is 68.9 Å². The Morgan fingerprint density at radius 3 is 2.72 bits per heavy atom. The number of amides is 2. The fourth-order valence-electron chi connectivity index (χ4n) is 4.00. The quantitative estimate of drug-likeness (QED) is 0.596. The molecule has 0 aromatic heterocycles. The van der Waals surface area contributed by atoms with E-state index in [0.717, 1.165) is 5.56 Å². The van der Waals surface area contributed by atoms with E-state index in [2.05, 4.69) is 5.32 Å². The number of ether oxygens (including phenoxy) is 1. The molecule has 1 aromatic rings. The molecule has 2 aliphatic heterocycles. The SMILES string of the molecule is NC[C@H](NC(=O)c1c(Cl)cc2c(c1Cl)CCN(C(=O)C1=CC3C=CC=CC3O1)C2)C(=O)O. The summed E-state index contributed by atoms with van der Waals surface area (Å²) in [5.74, 6) is -1.83. The van der Waals surface area contributed by atoms with Crippen LogP contribution in [0.25, 0.3) is 0 Å². The molecule has 8 nitrogen and oxygen atoms in total. The molecular formula is C22H21Cl2N3O5. The van der Waals surface area contributed by atoms with Gasteiger partial charge in [-0.05, 0) is 35.8 Å². The molecule has 10 heteroatoms. The number of nitrogens with zero attached hydrogens (tertiary/aromatic N) is 1. The first-order valence-electron chi connectivity index (χ1n) is 10.1. The van der Waals surface area contributed by atoms with Crippen LogP contribution in [0.5, 0.6) is 0 Å². The maximum Gasteiger partial charge on any atom is 0.327 e. The van der Waals surface area contributed by atoms with E-state index in [1.807, 2.05) is 30.4 Å². The van der Waals surface area contributed by atoms with Crippen LogP contribution in [-0.2, 0) is 27.3 Å². The zero-order valence-electron chi connectivity index (χ0n) is 16.9. The molecule has 0 radical (unpaired) electrons. The van der Waals surface area contributed by atoms with Crippen LogP contribution in [0.4, 0.5) is 0 Å². The van der Waals surface area contributed by atoms with Gasteiger partial charge in [0.05, 0.1) is 15.6 Å². The Morgan fingerprint density at radius 1 is 1.28 bits per heavy atom. The number of nitrogens with one attached hydrogen (secondary N) is 1. The lowest BCUT2D eigenvalue weighted by molar-refractivity contribution is -0.139. The number of nitrogens with two attached hydrogens (primary N) is 1. The molecule has 4 rings (SSSR count). The highest BCUT2D eigenvalue weighted by atomic mass is 35.5. The van der Waals surface area contributed by atoms with Crippen LogP contribution < -0.4 is 11.1 Å². The van der Waals surface area contributed by atoms with Gasteiger partial charge in [-0.2, -0.15) is 0 Å². The lowest BCUT2D eigenvalue weighted by Crippen LogP contribution is -2.46. The first-order chi connectivity index (χ1) is 15.3. The molecular weight excluding hydrogens is 457 g/mol. The van der Waals surface area contributed by atoms with E-state index in [1.54, 1.807) is 11.0 Å². The van der Waals surface area contributed by atoms with Crippen LogP contribution >= 0.6 is 23.2 Å². The third-order valence-electron chi connectivity index (χ3n) is 5.70. The minimum Gasteiger partial charge on any atom is -0.480 e. The Morgan fingerprint density at radius 2 is 2.03 bits per heavy atom. The zero-order valence-corrected chi connectivity index (χ0v) is 18.4. The number of carboxylic acids is 1. The van der Waals surface area contributed by atoms with E-state index in [0.29, 0.717) is 24.3 Å². The number of rotatable bonds is 5. The maximum atomic E-state index is 13.0. The highest BCUT2D eigenvalue weighted by molar-refractivity contribution is 6.40. The van der Waals surface area contributed by atoms with Gasteiger partial charge in [0.2, 0.25) is 0 Å². The summed E-state index contributed by atoms with van der Waals surface area (Å²) in [4.78, 5) is 38.4. The van der Waals surface area contributed by atoms with E-state index < -0.39 is 17.9 Å². The molecule has 3 aliphatic rings. The van der Waals surface area contributed by atoms with Crippen molar-refractivity contribution in [3.63, 3.8) is 0 Å². The number of aliphatic carboxylic acids is 1. The number of halogens is 2. The maximum absolute atomic E-state index is 13.0. The van der Waals surface area contributed by atoms with Gasteiger partial charge in [0.25, 0.3) is 11.8 Å². The fraction of sp³-hybridized carbons (Fsp3) is 0.318. The lowest BCUT2D eigenvalue weighted by Gasteiger charge is -2.30. The molecule has 0 bridgehead atoms. The highest BCUT2D eigenvalue weighted by Crippen LogP contribution is 2.36. The number of benzene rings is 1. The van der Waals surface area contributed by atoms with E-state index in [9.17, 15) is 14.4 Å². The molecule has 1 aromatic carbocycles. The van der Waals surface area contributed by atoms with Crippen molar-refractivity contribution >= 4 is 41.0 Å². The van der Waals surface area contributed by atoms with Gasteiger partial charge in [0.1, 0.15) is 12.1 Å². The van der Waals surface area contributed by atoms with E-state index in [1.165, 1.54) is 0 Å². The normalized spacial score (nSPS) is 21.8. The van der Waals surface area contributed by atoms with Gasteiger partial charge in [-0.25, -0.2) is 4.79 Å². The number of hydrogen-bond donors (Lipinski definition) is 3. The van der Waals surface area contributed by atoms with Crippen molar-refractivity contribution in [2.24, 2.45) is 11.7 Å². The van der Waals surface area contributed by atoms with Crippen LogP contribution in [0, 0.1) is 5.92 Å². The Labute approximate surface area is 194 Å². The average Bonchev–Trinajstić information content (AvgIpc) is 3.20. The van der Waals surface area contributed by atoms with Crippen molar-refractivity contribution in [1.82, 2.24) is 10.2 Å². The Bertz CT molecular complexity index is 1080. The Balaban J connectivity index is 1.53. The number of carbonyl (C=O) groups is 3. The van der Waals surface area contributed by atoms with Gasteiger partial charge in [-0.1, -0.05) is 41.4 Å². The third kappa shape index (κ3) is 4.13. The van der Waals surface area contributed by atoms with Gasteiger partial charge >= 0.3 is 5.97 Å². The monoisotopic (exact) mass is 477 g/mol. The second-order valence-electron chi connectivity index (χ2n) is 7.72. The molecule has 3 atom stereocenters. The molecule has 2 amide bonds. The number of allylic oxidation sites excluding steroid dienone is 2. The second kappa shape index (κ2) is 8.97. The summed E-state index contributed by atoms with van der Waals surface area (Å²) >= 11 is 12.8. The standard InChI is InChI=1S/C22H21Cl2N3O5/c23-14-7-12-10-27(21(29)17-8-11-3-1-2-4-16(11)32-17)6-5-13(12)19(24)18(14)20(28)26-15(9-25)22(30)31/h1-4,7-8,11,15-16H,5-6,9-10,25H2,(H,26,28)(H,30,31)/t11?,15-,16?/m0/s1. The van der Waals surface area contributed by atoms with E-state index >= 15 is 0 Å². The van der Waals surface area contributed by atoms with E-state index in [4.69, 9.17) is 38.8 Å². The van der Waals surface area contributed by atoms with Gasteiger partial charge in [-0.3, -0.25) is 9.59 Å². The summed E-state index contributed by atoms with van der Waals surface area (Å²) in [6.45, 7) is 0.373. The second-order valence-corrected chi connectivity index (χ2v) is 8.51. The molecule has 0 saturated heterocycles. The van der Waals surface area contributed by atoms with Gasteiger partial charge < -0.3 is 25.8 Å². The molecule has 2 unspecified atom stereocenters. The van der Waals surface area contributed by atoms with Crippen molar-refractivity contribution in [3.8, 4) is 0 Å². The Kier molecular flexibility index (Phi) is 6.28. The number of carbonyl (C=O) groups excluding carboxylic acids is 2. The van der Waals surface area contributed by atoms with Crippen molar-refractivity contribution in [2.75, 3.05) is 13.1 Å². The minimum absolute atomic E-state index is 0.00366. The van der Waals surface area contributed by atoms with Crippen LogP contribution in [0.2, 0.25) is 10.0 Å². The number of carboxylic acid groups (broad SMARTS) is 1. The molecule has 32 heavy (non-hydrogen) atoms. The molecule has 0 fully saturated rings. The predicted molar refractivity (Wildman–Crippen MR) is 118 cm³/mol. The molecule has 0 saturated carbocycles. The topological polar surface area (TPSA) is 122 Å². The molecule has 4 N–H and O–H groups in total. The summed E-state index contributed by atoms with van der Waals surface area (Å²) in [6.07, 6.45) is 9.80. The van der Waals surface area contributed by atoms with Crippen molar-refractivity contribution in [2.45, 2.75) is 25.1 Å². The molecule has 2 heterocycles. The lowest BCUT2D eigenvalue weighted by atomic mass is 9.96. The smallest absolute Gasteiger partial charge is 0.327 e. The van der Waals surface area contributed by atoms with Crippen LogP contribution in [0.15, 0.2) is 42.2 Å². The van der Waals surface area contributed by atoms with Crippen LogP contribution in [0.3, 0.4) is 0 Å². The largest absolute Gasteiger partial charge is 0.480 e. The van der Waals surface area contributed by atoms with Crippen molar-refractivity contribution in [1.29, 1.82) is 0 Å². The summed E-state index contributed by atoms with van der Waals surface area (Å²) in [5, 5.41) is 11.7. The van der Waals surface area contributed by atoms with Gasteiger partial charge in [0, 0.05) is 25.6 Å². The molecule has 0 spiro atoms. The molecule has 168 valence electrons. The minimum atomic E-state index is -1.26. The van der Waals surface area contributed by atoms with Gasteiger partial charge in [0.15, 0.2) is 5.76 Å². The first kappa shape index (κ1) is 22.4. The van der Waals surface area contributed by atoms with Gasteiger partial charge in [-0.15, -0.1) is 0 Å². The highest BCUT2D eigenvalue weighted by Gasteiger charge is 2.34. The molecule has 1 aliphatic carbocycles. The fourth-order valence-corrected chi connectivity index (χ4v) is 4.76. The summed E-state index contributed by atoms with van der Waals surface area (Å²) in [6, 6.07) is 0.330.